The van der Waals surface area contributed by atoms with E-state index in [1.165, 1.54) is 0 Å². The number of rotatable bonds is 7. The summed E-state index contributed by atoms with van der Waals surface area (Å²) in [6, 6.07) is 13.5. The second-order valence-corrected chi connectivity index (χ2v) is 6.68. The molecule has 124 valence electrons. The molecule has 4 nitrogen and oxygen atoms in total. The fourth-order valence-electron chi connectivity index (χ4n) is 2.25. The highest BCUT2D eigenvalue weighted by molar-refractivity contribution is 5.19. The highest BCUT2D eigenvalue weighted by atomic mass is 16.5. The third kappa shape index (κ3) is 5.91. The molecule has 1 heterocycles. The Morgan fingerprint density at radius 2 is 1.83 bits per heavy atom. The molecule has 0 amide bonds. The topological polar surface area (TPSA) is 43.3 Å². The van der Waals surface area contributed by atoms with Gasteiger partial charge in [0.05, 0.1) is 0 Å². The molecule has 23 heavy (non-hydrogen) atoms. The minimum atomic E-state index is -0.0702. The normalized spacial score (nSPS) is 11.4. The van der Waals surface area contributed by atoms with Gasteiger partial charge in [0.2, 0.25) is 0 Å². The van der Waals surface area contributed by atoms with Crippen molar-refractivity contribution >= 4 is 0 Å². The lowest BCUT2D eigenvalue weighted by atomic mass is 10.1. The molecule has 0 saturated carbocycles. The fourth-order valence-corrected chi connectivity index (χ4v) is 2.25. The van der Waals surface area contributed by atoms with Crippen LogP contribution in [0, 0.1) is 0 Å². The molecule has 1 N–H and O–H groups in total. The van der Waals surface area contributed by atoms with Gasteiger partial charge in [0.15, 0.2) is 5.75 Å². The minimum Gasteiger partial charge on any atom is -0.483 e. The summed E-state index contributed by atoms with van der Waals surface area (Å²) in [5, 5.41) is 3.43. The maximum absolute atomic E-state index is 12.4. The van der Waals surface area contributed by atoms with E-state index >= 15 is 0 Å². The lowest BCUT2D eigenvalue weighted by molar-refractivity contribution is 0.298. The number of ether oxygens (including phenoxy) is 1. The maximum atomic E-state index is 12.4. The van der Waals surface area contributed by atoms with Crippen LogP contribution < -0.4 is 15.6 Å². The molecule has 0 aliphatic heterocycles. The summed E-state index contributed by atoms with van der Waals surface area (Å²) < 4.78 is 7.39. The Morgan fingerprint density at radius 1 is 1.09 bits per heavy atom. The summed E-state index contributed by atoms with van der Waals surface area (Å²) >= 11 is 0. The van der Waals surface area contributed by atoms with Crippen molar-refractivity contribution in [3.05, 3.63) is 64.6 Å². The van der Waals surface area contributed by atoms with Gasteiger partial charge in [-0.25, -0.2) is 0 Å². The van der Waals surface area contributed by atoms with E-state index in [1.54, 1.807) is 10.6 Å². The van der Waals surface area contributed by atoms with Gasteiger partial charge in [0.1, 0.15) is 6.61 Å². The van der Waals surface area contributed by atoms with Gasteiger partial charge in [-0.1, -0.05) is 30.3 Å². The molecule has 0 unspecified atom stereocenters. The summed E-state index contributed by atoms with van der Waals surface area (Å²) in [4.78, 5) is 12.4. The molecule has 1 aromatic heterocycles. The zero-order valence-corrected chi connectivity index (χ0v) is 14.2. The highest BCUT2D eigenvalue weighted by Gasteiger charge is 2.08. The molecule has 0 aliphatic rings. The fraction of sp³-hybridized carbons (Fsp3) is 0.421. The lowest BCUT2D eigenvalue weighted by Crippen LogP contribution is -2.37. The van der Waals surface area contributed by atoms with Crippen LogP contribution in [0.3, 0.4) is 0 Å². The first kappa shape index (κ1) is 17.3. The molecule has 0 aliphatic carbocycles. The number of nitrogens with zero attached hydrogens (tertiary/aromatic N) is 1. The van der Waals surface area contributed by atoms with E-state index in [0.29, 0.717) is 18.9 Å². The molecule has 0 saturated heterocycles. The van der Waals surface area contributed by atoms with Crippen molar-refractivity contribution in [3.8, 4) is 5.75 Å². The first-order valence-corrected chi connectivity index (χ1v) is 8.07. The van der Waals surface area contributed by atoms with Crippen LogP contribution in [0.4, 0.5) is 0 Å². The van der Waals surface area contributed by atoms with Gasteiger partial charge in [-0.15, -0.1) is 0 Å². The molecule has 0 atom stereocenters. The zero-order valence-electron chi connectivity index (χ0n) is 14.2. The van der Waals surface area contributed by atoms with Gasteiger partial charge in [-0.2, -0.15) is 0 Å². The Morgan fingerprint density at radius 3 is 2.52 bits per heavy atom. The largest absolute Gasteiger partial charge is 0.483 e. The summed E-state index contributed by atoms with van der Waals surface area (Å²) in [5.74, 6) is 0.403. The van der Waals surface area contributed by atoms with Crippen LogP contribution in [0.5, 0.6) is 5.75 Å². The molecule has 0 bridgehead atoms. The van der Waals surface area contributed by atoms with Crippen LogP contribution >= 0.6 is 0 Å². The van der Waals surface area contributed by atoms with Crippen LogP contribution in [0.25, 0.3) is 0 Å². The number of pyridine rings is 1. The lowest BCUT2D eigenvalue weighted by Gasteiger charge is -2.20. The predicted octanol–water partition coefficient (Wildman–Crippen LogP) is 3.21. The van der Waals surface area contributed by atoms with Crippen molar-refractivity contribution in [3.63, 3.8) is 0 Å². The Bertz CT molecular complexity index is 657. The van der Waals surface area contributed by atoms with E-state index in [9.17, 15) is 4.79 Å². The van der Waals surface area contributed by atoms with Crippen LogP contribution in [0.1, 0.15) is 32.8 Å². The van der Waals surface area contributed by atoms with Crippen molar-refractivity contribution in [2.45, 2.75) is 45.9 Å². The number of hydrogen-bond donors (Lipinski definition) is 1. The van der Waals surface area contributed by atoms with Gasteiger partial charge in [0.25, 0.3) is 5.56 Å². The molecular weight excluding hydrogens is 288 g/mol. The van der Waals surface area contributed by atoms with E-state index < -0.39 is 0 Å². The van der Waals surface area contributed by atoms with Gasteiger partial charge < -0.3 is 14.6 Å². The quantitative estimate of drug-likeness (QED) is 0.798. The Kier molecular flexibility index (Phi) is 5.99. The molecule has 2 rings (SSSR count). The SMILES string of the molecule is CC(C)(C)NCCCn1cccc(OCc2ccccc2)c1=O. The van der Waals surface area contributed by atoms with E-state index in [-0.39, 0.29) is 11.1 Å². The molecule has 2 aromatic rings. The van der Waals surface area contributed by atoms with E-state index in [1.807, 2.05) is 42.6 Å². The molecule has 1 aromatic carbocycles. The maximum Gasteiger partial charge on any atom is 0.292 e. The Labute approximate surface area is 138 Å². The van der Waals surface area contributed by atoms with Crippen LogP contribution in [0.2, 0.25) is 0 Å². The molecule has 0 spiro atoms. The average molecular weight is 314 g/mol. The summed E-state index contributed by atoms with van der Waals surface area (Å²) in [7, 11) is 0. The van der Waals surface area contributed by atoms with Crippen LogP contribution in [-0.2, 0) is 13.2 Å². The first-order chi connectivity index (χ1) is 11.0. The summed E-state index contributed by atoms with van der Waals surface area (Å²) in [6.45, 7) is 8.38. The third-order valence-electron chi connectivity index (χ3n) is 3.45. The number of aromatic nitrogens is 1. The monoisotopic (exact) mass is 314 g/mol. The highest BCUT2D eigenvalue weighted by Crippen LogP contribution is 2.07. The van der Waals surface area contributed by atoms with Crippen molar-refractivity contribution in [1.82, 2.24) is 9.88 Å². The summed E-state index contributed by atoms with van der Waals surface area (Å²) in [6.07, 6.45) is 2.72. The van der Waals surface area contributed by atoms with Crippen molar-refractivity contribution in [1.29, 1.82) is 0 Å². The van der Waals surface area contributed by atoms with E-state index in [4.69, 9.17) is 4.74 Å². The second kappa shape index (κ2) is 7.97. The molecule has 4 heteroatoms. The number of hydrogen-bond acceptors (Lipinski definition) is 3. The number of aryl methyl sites for hydroxylation is 1. The molecular formula is C19H26N2O2. The van der Waals surface area contributed by atoms with Crippen molar-refractivity contribution < 1.29 is 4.74 Å². The Balaban J connectivity index is 1.91. The van der Waals surface area contributed by atoms with Crippen molar-refractivity contribution in [2.75, 3.05) is 6.54 Å². The van der Waals surface area contributed by atoms with E-state index in [2.05, 4.69) is 26.1 Å². The van der Waals surface area contributed by atoms with Crippen molar-refractivity contribution in [2.24, 2.45) is 0 Å². The Hall–Kier alpha value is -2.07. The van der Waals surface area contributed by atoms with Gasteiger partial charge in [-0.3, -0.25) is 4.79 Å². The first-order valence-electron chi connectivity index (χ1n) is 8.07. The number of nitrogens with one attached hydrogen (secondary N) is 1. The number of benzene rings is 1. The average Bonchev–Trinajstić information content (AvgIpc) is 2.52. The van der Waals surface area contributed by atoms with Crippen LogP contribution in [0.15, 0.2) is 53.5 Å². The van der Waals surface area contributed by atoms with Crippen LogP contribution in [-0.4, -0.2) is 16.7 Å². The molecule has 0 fully saturated rings. The second-order valence-electron chi connectivity index (χ2n) is 6.68. The standard InChI is InChI=1S/C19H26N2O2/c1-19(2,3)20-12-8-14-21-13-7-11-17(18(21)22)23-15-16-9-5-4-6-10-16/h4-7,9-11,13,20H,8,12,14-15H2,1-3H3. The minimum absolute atomic E-state index is 0.0702. The predicted molar refractivity (Wildman–Crippen MR) is 93.8 cm³/mol. The van der Waals surface area contributed by atoms with E-state index in [0.717, 1.165) is 18.5 Å². The van der Waals surface area contributed by atoms with Gasteiger partial charge >= 0.3 is 0 Å². The van der Waals surface area contributed by atoms with Gasteiger partial charge in [-0.05, 0) is 51.4 Å². The molecule has 0 radical (unpaired) electrons. The third-order valence-corrected chi connectivity index (χ3v) is 3.45. The zero-order chi connectivity index (χ0) is 16.7. The summed E-state index contributed by atoms with van der Waals surface area (Å²) in [5.41, 5.74) is 1.09. The smallest absolute Gasteiger partial charge is 0.292 e. The van der Waals surface area contributed by atoms with Gasteiger partial charge in [0, 0.05) is 18.3 Å².